The van der Waals surface area contributed by atoms with E-state index in [-0.39, 0.29) is 0 Å². The van der Waals surface area contributed by atoms with E-state index in [4.69, 9.17) is 5.73 Å². The molecule has 0 rings (SSSR count). The highest BCUT2D eigenvalue weighted by Crippen LogP contribution is 2.02. The topological polar surface area (TPSA) is 26.0 Å². The van der Waals surface area contributed by atoms with Crippen LogP contribution in [0.3, 0.4) is 0 Å². The van der Waals surface area contributed by atoms with E-state index in [1.54, 1.807) is 0 Å². The van der Waals surface area contributed by atoms with Crippen LogP contribution in [0.25, 0.3) is 0 Å². The lowest BCUT2D eigenvalue weighted by Crippen LogP contribution is -1.94. The van der Waals surface area contributed by atoms with Gasteiger partial charge in [-0.15, -0.1) is 0 Å². The Balaban J connectivity index is 3.51. The van der Waals surface area contributed by atoms with E-state index >= 15 is 0 Å². The predicted octanol–water partition coefficient (Wildman–Crippen LogP) is 1.90. The molecule has 1 unspecified atom stereocenters. The molecule has 0 amide bonds. The van der Waals surface area contributed by atoms with Crippen molar-refractivity contribution in [3.05, 3.63) is 11.8 Å². The average molecular weight is 113 g/mol. The predicted molar refractivity (Wildman–Crippen MR) is 37.4 cm³/mol. The van der Waals surface area contributed by atoms with Crippen LogP contribution in [0.4, 0.5) is 0 Å². The summed E-state index contributed by atoms with van der Waals surface area (Å²) in [7, 11) is 0. The molecule has 0 aromatic rings. The van der Waals surface area contributed by atoms with Crippen LogP contribution < -0.4 is 5.73 Å². The molecule has 0 saturated carbocycles. The number of nitrogens with two attached hydrogens (primary N) is 1. The number of rotatable bonds is 2. The summed E-state index contributed by atoms with van der Waals surface area (Å²) < 4.78 is 0. The Kier molecular flexibility index (Phi) is 3.33. The van der Waals surface area contributed by atoms with Gasteiger partial charge >= 0.3 is 0 Å². The molecular formula is C7H15N. The first kappa shape index (κ1) is 7.54. The molecule has 0 aromatic heterocycles. The van der Waals surface area contributed by atoms with E-state index in [0.29, 0.717) is 5.92 Å². The summed E-state index contributed by atoms with van der Waals surface area (Å²) in [6.07, 6.45) is 3.26. The molecule has 0 aromatic carbocycles. The fourth-order valence-electron chi connectivity index (χ4n) is 0.567. The monoisotopic (exact) mass is 113 g/mol. The van der Waals surface area contributed by atoms with E-state index in [1.165, 1.54) is 6.42 Å². The molecular weight excluding hydrogens is 98.1 g/mol. The standard InChI is InChI=1S/C7H15N/c1-4-6(2)5-7(3)8/h5-6H,4,8H2,1-3H3/b7-5+. The molecule has 0 radical (unpaired) electrons. The quantitative estimate of drug-likeness (QED) is 0.581. The molecule has 8 heavy (non-hydrogen) atoms. The summed E-state index contributed by atoms with van der Waals surface area (Å²) in [5.74, 6) is 0.639. The fraction of sp³-hybridized carbons (Fsp3) is 0.714. The van der Waals surface area contributed by atoms with Crippen LogP contribution >= 0.6 is 0 Å². The van der Waals surface area contributed by atoms with Gasteiger partial charge in [-0.1, -0.05) is 26.3 Å². The molecule has 2 N–H and O–H groups in total. The van der Waals surface area contributed by atoms with Gasteiger partial charge in [0.15, 0.2) is 0 Å². The lowest BCUT2D eigenvalue weighted by Gasteiger charge is -1.99. The molecule has 0 spiro atoms. The van der Waals surface area contributed by atoms with Crippen molar-refractivity contribution in [2.24, 2.45) is 11.7 Å². The second-order valence-corrected chi connectivity index (χ2v) is 2.30. The molecule has 1 nitrogen and oxygen atoms in total. The maximum absolute atomic E-state index is 5.43. The Labute approximate surface area is 51.6 Å². The molecule has 0 saturated heterocycles. The van der Waals surface area contributed by atoms with E-state index in [0.717, 1.165) is 5.70 Å². The third-order valence-corrected chi connectivity index (χ3v) is 1.19. The molecule has 48 valence electrons. The van der Waals surface area contributed by atoms with Crippen molar-refractivity contribution in [3.8, 4) is 0 Å². The van der Waals surface area contributed by atoms with Gasteiger partial charge in [0.05, 0.1) is 0 Å². The molecule has 1 atom stereocenters. The van der Waals surface area contributed by atoms with Crippen molar-refractivity contribution in [1.82, 2.24) is 0 Å². The van der Waals surface area contributed by atoms with E-state index < -0.39 is 0 Å². The number of hydrogen-bond acceptors (Lipinski definition) is 1. The van der Waals surface area contributed by atoms with Gasteiger partial charge in [-0.2, -0.15) is 0 Å². The summed E-state index contributed by atoms with van der Waals surface area (Å²) in [6, 6.07) is 0. The third kappa shape index (κ3) is 3.72. The average Bonchev–Trinajstić information content (AvgIpc) is 1.65. The van der Waals surface area contributed by atoms with E-state index in [1.807, 2.05) is 6.92 Å². The van der Waals surface area contributed by atoms with Crippen molar-refractivity contribution >= 4 is 0 Å². The first-order valence-corrected chi connectivity index (χ1v) is 3.10. The van der Waals surface area contributed by atoms with Crippen molar-refractivity contribution in [3.63, 3.8) is 0 Å². The first-order valence-electron chi connectivity index (χ1n) is 3.10. The van der Waals surface area contributed by atoms with Crippen LogP contribution in [0.2, 0.25) is 0 Å². The van der Waals surface area contributed by atoms with Gasteiger partial charge in [0.2, 0.25) is 0 Å². The van der Waals surface area contributed by atoms with Crippen LogP contribution in [-0.4, -0.2) is 0 Å². The smallest absolute Gasteiger partial charge is 0.00110 e. The molecule has 0 fully saturated rings. The maximum atomic E-state index is 5.43. The van der Waals surface area contributed by atoms with Crippen LogP contribution in [-0.2, 0) is 0 Å². The van der Waals surface area contributed by atoms with Gasteiger partial charge in [0.25, 0.3) is 0 Å². The molecule has 1 heteroatoms. The van der Waals surface area contributed by atoms with Crippen LogP contribution in [0.15, 0.2) is 11.8 Å². The van der Waals surface area contributed by atoms with Crippen molar-refractivity contribution in [2.75, 3.05) is 0 Å². The minimum atomic E-state index is 0.639. The Hall–Kier alpha value is -0.460. The van der Waals surface area contributed by atoms with Crippen molar-refractivity contribution < 1.29 is 0 Å². The zero-order chi connectivity index (χ0) is 6.57. The minimum absolute atomic E-state index is 0.639. The molecule has 0 bridgehead atoms. The van der Waals surface area contributed by atoms with Crippen molar-refractivity contribution in [1.29, 1.82) is 0 Å². The Bertz CT molecular complexity index is 80.4. The lowest BCUT2D eigenvalue weighted by atomic mass is 10.1. The van der Waals surface area contributed by atoms with Crippen molar-refractivity contribution in [2.45, 2.75) is 27.2 Å². The Morgan fingerprint density at radius 1 is 1.75 bits per heavy atom. The number of allylic oxidation sites excluding steroid dienone is 2. The van der Waals surface area contributed by atoms with E-state index in [2.05, 4.69) is 19.9 Å². The van der Waals surface area contributed by atoms with E-state index in [9.17, 15) is 0 Å². The minimum Gasteiger partial charge on any atom is -0.403 e. The van der Waals surface area contributed by atoms with Crippen LogP contribution in [0.5, 0.6) is 0 Å². The summed E-state index contributed by atoms with van der Waals surface area (Å²) in [4.78, 5) is 0. The second-order valence-electron chi connectivity index (χ2n) is 2.30. The zero-order valence-electron chi connectivity index (χ0n) is 5.94. The highest BCUT2D eigenvalue weighted by atomic mass is 14.5. The van der Waals surface area contributed by atoms with Gasteiger partial charge in [0.1, 0.15) is 0 Å². The second kappa shape index (κ2) is 3.53. The summed E-state index contributed by atoms with van der Waals surface area (Å²) in [5, 5.41) is 0. The summed E-state index contributed by atoms with van der Waals surface area (Å²) in [6.45, 7) is 6.24. The summed E-state index contributed by atoms with van der Waals surface area (Å²) in [5.41, 5.74) is 6.36. The van der Waals surface area contributed by atoms with Crippen LogP contribution in [0.1, 0.15) is 27.2 Å². The molecule has 0 heterocycles. The lowest BCUT2D eigenvalue weighted by molar-refractivity contribution is 0.692. The third-order valence-electron chi connectivity index (χ3n) is 1.19. The molecule has 0 aliphatic heterocycles. The Morgan fingerprint density at radius 2 is 2.25 bits per heavy atom. The number of hydrogen-bond donors (Lipinski definition) is 1. The van der Waals surface area contributed by atoms with Gasteiger partial charge < -0.3 is 5.73 Å². The molecule has 0 aliphatic carbocycles. The highest BCUT2D eigenvalue weighted by molar-refractivity contribution is 4.93. The summed E-state index contributed by atoms with van der Waals surface area (Å²) >= 11 is 0. The first-order chi connectivity index (χ1) is 3.66. The van der Waals surface area contributed by atoms with Gasteiger partial charge in [-0.25, -0.2) is 0 Å². The molecule has 0 aliphatic rings. The van der Waals surface area contributed by atoms with Gasteiger partial charge in [-0.3, -0.25) is 0 Å². The SMILES string of the molecule is CCC(C)/C=C(\C)N. The van der Waals surface area contributed by atoms with Crippen LogP contribution in [0, 0.1) is 5.92 Å². The van der Waals surface area contributed by atoms with Gasteiger partial charge in [-0.05, 0) is 12.8 Å². The fourth-order valence-corrected chi connectivity index (χ4v) is 0.567. The highest BCUT2D eigenvalue weighted by Gasteiger charge is 1.90. The largest absolute Gasteiger partial charge is 0.403 e. The maximum Gasteiger partial charge on any atom is 0.00110 e. The zero-order valence-corrected chi connectivity index (χ0v) is 5.94. The van der Waals surface area contributed by atoms with Gasteiger partial charge in [0, 0.05) is 5.70 Å². The normalized spacial score (nSPS) is 16.1. The Morgan fingerprint density at radius 3 is 2.38 bits per heavy atom.